The van der Waals surface area contributed by atoms with Gasteiger partial charge >= 0.3 is 5.88 Å². The molecule has 4 heterocycles. The van der Waals surface area contributed by atoms with Crippen molar-refractivity contribution >= 4 is 49.8 Å². The van der Waals surface area contributed by atoms with Crippen molar-refractivity contribution < 1.29 is 23.6 Å². The molecule has 0 spiro atoms. The second kappa shape index (κ2) is 10.8. The maximum Gasteiger partial charge on any atom is 0.306 e. The van der Waals surface area contributed by atoms with Gasteiger partial charge in [0.25, 0.3) is 12.1 Å². The van der Waals surface area contributed by atoms with Gasteiger partial charge in [0.15, 0.2) is 0 Å². The number of pyridine rings is 1. The zero-order valence-electron chi connectivity index (χ0n) is 22.7. The van der Waals surface area contributed by atoms with Gasteiger partial charge in [0, 0.05) is 10.9 Å². The molecule has 1 aliphatic heterocycles. The number of morpholine rings is 1. The highest BCUT2D eigenvalue weighted by atomic mass is 32.1. The predicted molar refractivity (Wildman–Crippen MR) is 162 cm³/mol. The van der Waals surface area contributed by atoms with Crippen molar-refractivity contribution in [2.75, 3.05) is 49.5 Å². The molecule has 0 atom stereocenters. The van der Waals surface area contributed by atoms with E-state index in [0.29, 0.717) is 41.7 Å². The average molecular weight is 580 g/mol. The number of carbonyl (C=O) groups is 1. The van der Waals surface area contributed by atoms with Crippen LogP contribution in [0.15, 0.2) is 83.5 Å². The molecule has 1 fully saturated rings. The van der Waals surface area contributed by atoms with Gasteiger partial charge in [0.1, 0.15) is 15.5 Å². The Morgan fingerprint density at radius 3 is 2.64 bits per heavy atom. The van der Waals surface area contributed by atoms with Crippen LogP contribution in [0, 0.1) is 0 Å². The molecule has 11 heteroatoms. The maximum absolute atomic E-state index is 13.5. The third-order valence-electron chi connectivity index (χ3n) is 7.34. The van der Waals surface area contributed by atoms with E-state index in [4.69, 9.17) is 24.7 Å². The van der Waals surface area contributed by atoms with E-state index in [1.165, 1.54) is 11.3 Å². The minimum atomic E-state index is -0.395. The van der Waals surface area contributed by atoms with Gasteiger partial charge in [-0.3, -0.25) is 14.6 Å². The Balaban J connectivity index is 1.32. The lowest BCUT2D eigenvalue weighted by Crippen LogP contribution is -2.62. The van der Waals surface area contributed by atoms with E-state index in [0.717, 1.165) is 44.3 Å². The summed E-state index contributed by atoms with van der Waals surface area (Å²) in [5.74, 6) is 0.564. The molecule has 10 nitrogen and oxygen atoms in total. The van der Waals surface area contributed by atoms with E-state index in [2.05, 4.69) is 34.9 Å². The van der Waals surface area contributed by atoms with Crippen molar-refractivity contribution in [3.63, 3.8) is 0 Å². The predicted octanol–water partition coefficient (Wildman–Crippen LogP) is 4.87. The van der Waals surface area contributed by atoms with Crippen molar-refractivity contribution in [3.8, 4) is 28.1 Å². The number of amides is 1. The molecular weight excluding hydrogens is 552 g/mol. The van der Waals surface area contributed by atoms with E-state index in [1.54, 1.807) is 18.1 Å². The molecule has 210 valence electrons. The number of hydrogen-bond acceptors (Lipinski definition) is 9. The fraction of sp³-hybridized carbons (Fsp3) is 0.161. The first-order valence-electron chi connectivity index (χ1n) is 13.5. The summed E-state index contributed by atoms with van der Waals surface area (Å²) in [5, 5.41) is 11.7. The molecule has 0 aliphatic carbocycles. The Bertz CT molecular complexity index is 1920. The Labute approximate surface area is 244 Å². The van der Waals surface area contributed by atoms with Crippen molar-refractivity contribution in [3.05, 3.63) is 83.9 Å². The Hall–Kier alpha value is -5.00. The minimum absolute atomic E-state index is 0.211. The highest BCUT2D eigenvalue weighted by molar-refractivity contribution is 7.21. The van der Waals surface area contributed by atoms with Crippen molar-refractivity contribution in [2.24, 2.45) is 0 Å². The molecular formula is C31H27N6O4S+. The lowest BCUT2D eigenvalue weighted by atomic mass is 9.97. The largest absolute Gasteiger partial charge is 0.497 e. The van der Waals surface area contributed by atoms with E-state index in [1.807, 2.05) is 53.5 Å². The number of methoxy groups -OCH3 is 1. The Morgan fingerprint density at radius 1 is 1.05 bits per heavy atom. The standard InChI is InChI=1S/C31H26N6O4S/c1-39-21-11-9-20(10-12-21)24-17-25(23-8-4-6-19-5-2-3-7-22(19)23)33-31-27(24)28(32)29(42-31)30(38)34-26-18-37(35-41-26)36-13-15-40-16-14-36/h2-12,17-18H,13-16H2,1H3,(H2-,32,34,35,38)/p+1. The number of nitrogens with one attached hydrogen (secondary N) is 1. The molecule has 3 N–H and O–H groups in total. The molecule has 0 bridgehead atoms. The normalized spacial score (nSPS) is 13.5. The number of ether oxygens (including phenoxy) is 2. The fourth-order valence-corrected chi connectivity index (χ4v) is 6.24. The number of benzene rings is 3. The number of carbonyl (C=O) groups excluding carboxylic acids is 1. The van der Waals surface area contributed by atoms with Crippen LogP contribution in [0.5, 0.6) is 5.75 Å². The molecule has 7 rings (SSSR count). The molecule has 42 heavy (non-hydrogen) atoms. The zero-order valence-corrected chi connectivity index (χ0v) is 23.6. The molecule has 0 unspecified atom stereocenters. The molecule has 6 aromatic rings. The van der Waals surface area contributed by atoms with Crippen LogP contribution in [0.3, 0.4) is 0 Å². The fourth-order valence-electron chi connectivity index (χ4n) is 5.23. The molecule has 3 aromatic heterocycles. The van der Waals surface area contributed by atoms with Gasteiger partial charge in [-0.15, -0.1) is 16.3 Å². The molecule has 3 aromatic carbocycles. The number of aromatic nitrogens is 3. The first-order valence-corrected chi connectivity index (χ1v) is 14.3. The van der Waals surface area contributed by atoms with Crippen LogP contribution in [0.25, 0.3) is 43.4 Å². The van der Waals surface area contributed by atoms with E-state index >= 15 is 0 Å². The summed E-state index contributed by atoms with van der Waals surface area (Å²) in [4.78, 5) is 21.1. The summed E-state index contributed by atoms with van der Waals surface area (Å²) >= 11 is 1.25. The van der Waals surface area contributed by atoms with Crippen LogP contribution < -0.4 is 25.6 Å². The van der Waals surface area contributed by atoms with E-state index < -0.39 is 5.91 Å². The highest BCUT2D eigenvalue weighted by Gasteiger charge is 2.26. The third-order valence-corrected chi connectivity index (χ3v) is 8.44. The van der Waals surface area contributed by atoms with Crippen molar-refractivity contribution in [2.45, 2.75) is 0 Å². The molecule has 1 saturated heterocycles. The number of nitrogen functional groups attached to an aromatic ring is 1. The lowest BCUT2D eigenvalue weighted by molar-refractivity contribution is -0.759. The summed E-state index contributed by atoms with van der Waals surface area (Å²) in [7, 11) is 1.64. The summed E-state index contributed by atoms with van der Waals surface area (Å²) in [5.41, 5.74) is 10.7. The number of hydrogen-bond donors (Lipinski definition) is 2. The Kier molecular flexibility index (Phi) is 6.65. The monoisotopic (exact) mass is 579 g/mol. The number of nitrogens with two attached hydrogens (primary N) is 1. The van der Waals surface area contributed by atoms with Gasteiger partial charge in [-0.05, 0) is 40.1 Å². The van der Waals surface area contributed by atoms with E-state index in [9.17, 15) is 4.79 Å². The summed E-state index contributed by atoms with van der Waals surface area (Å²) in [6.07, 6.45) is 1.63. The quantitative estimate of drug-likeness (QED) is 0.268. The van der Waals surface area contributed by atoms with Gasteiger partial charge in [-0.2, -0.15) is 0 Å². The molecule has 1 aliphatic rings. The first-order chi connectivity index (χ1) is 20.6. The average Bonchev–Trinajstić information content (AvgIpc) is 3.65. The zero-order chi connectivity index (χ0) is 28.6. The molecule has 0 saturated carbocycles. The van der Waals surface area contributed by atoms with E-state index in [-0.39, 0.29) is 5.88 Å². The summed E-state index contributed by atoms with van der Waals surface area (Å²) in [6, 6.07) is 24.2. The van der Waals surface area contributed by atoms with Crippen LogP contribution in [0.2, 0.25) is 0 Å². The molecule has 1 amide bonds. The second-order valence-electron chi connectivity index (χ2n) is 9.84. The van der Waals surface area contributed by atoms with Gasteiger partial charge < -0.3 is 15.2 Å². The smallest absolute Gasteiger partial charge is 0.306 e. The number of fused-ring (bicyclic) bond motifs is 2. The first kappa shape index (κ1) is 25.9. The van der Waals surface area contributed by atoms with Crippen molar-refractivity contribution in [1.82, 2.24) is 10.3 Å². The minimum Gasteiger partial charge on any atom is -0.497 e. The van der Waals surface area contributed by atoms with Crippen LogP contribution >= 0.6 is 11.3 Å². The maximum atomic E-state index is 13.5. The number of rotatable bonds is 6. The van der Waals surface area contributed by atoms with Crippen molar-refractivity contribution in [1.29, 1.82) is 0 Å². The second-order valence-corrected chi connectivity index (χ2v) is 10.8. The summed E-state index contributed by atoms with van der Waals surface area (Å²) in [6.45, 7) is 2.55. The number of nitrogens with zero attached hydrogens (tertiary/aromatic N) is 4. The third kappa shape index (κ3) is 4.68. The van der Waals surface area contributed by atoms with Crippen LogP contribution in [0.1, 0.15) is 9.67 Å². The molecule has 0 radical (unpaired) electrons. The van der Waals surface area contributed by atoms with Crippen LogP contribution in [-0.2, 0) is 4.74 Å². The van der Waals surface area contributed by atoms with Gasteiger partial charge in [0.05, 0.1) is 49.6 Å². The van der Waals surface area contributed by atoms with Crippen LogP contribution in [0.4, 0.5) is 11.6 Å². The van der Waals surface area contributed by atoms with Crippen LogP contribution in [-0.4, -0.2) is 49.6 Å². The highest BCUT2D eigenvalue weighted by Crippen LogP contribution is 2.42. The Morgan fingerprint density at radius 2 is 1.83 bits per heavy atom. The van der Waals surface area contributed by atoms with Gasteiger partial charge in [-0.1, -0.05) is 54.6 Å². The van der Waals surface area contributed by atoms with Gasteiger partial charge in [0.2, 0.25) is 5.27 Å². The number of thiophene rings is 1. The number of anilines is 2. The SMILES string of the molecule is COc1ccc(-c2cc(-c3cccc4ccccc34)nc3sc(C(=O)Nc4c[n+](N5CCOCC5)no4)c(N)c23)cc1. The topological polar surface area (TPSA) is 120 Å². The summed E-state index contributed by atoms with van der Waals surface area (Å²) < 4.78 is 16.2. The van der Waals surface area contributed by atoms with Gasteiger partial charge in [-0.25, -0.2) is 4.98 Å². The lowest BCUT2D eigenvalue weighted by Gasteiger charge is -2.18.